The minimum absolute atomic E-state index is 0.0951. The van der Waals surface area contributed by atoms with Gasteiger partial charge in [-0.25, -0.2) is 14.4 Å². The normalized spacial score (nSPS) is 11.7. The van der Waals surface area contributed by atoms with Crippen LogP contribution in [-0.4, -0.2) is 18.1 Å². The molecule has 1 aromatic heterocycles. The summed E-state index contributed by atoms with van der Waals surface area (Å²) in [6.45, 7) is 3.52. The fourth-order valence-corrected chi connectivity index (χ4v) is 2.77. The number of benzene rings is 2. The molecular weight excluding hydrogens is 374 g/mol. The monoisotopic (exact) mass is 395 g/mol. The summed E-state index contributed by atoms with van der Waals surface area (Å²) in [7, 11) is 0. The van der Waals surface area contributed by atoms with Crippen molar-refractivity contribution in [2.75, 3.05) is 0 Å². The highest BCUT2D eigenvalue weighted by Crippen LogP contribution is 2.23. The zero-order chi connectivity index (χ0) is 20.8. The van der Waals surface area contributed by atoms with Crippen LogP contribution in [0.2, 0.25) is 0 Å². The van der Waals surface area contributed by atoms with Gasteiger partial charge in [0.25, 0.3) is 0 Å². The lowest BCUT2D eigenvalue weighted by Crippen LogP contribution is -2.41. The summed E-state index contributed by atoms with van der Waals surface area (Å²) in [5.74, 6) is -0.458. The van der Waals surface area contributed by atoms with Crippen LogP contribution in [-0.2, 0) is 22.6 Å². The van der Waals surface area contributed by atoms with Crippen molar-refractivity contribution in [3.63, 3.8) is 0 Å². The van der Waals surface area contributed by atoms with E-state index in [-0.39, 0.29) is 12.4 Å². The van der Waals surface area contributed by atoms with Gasteiger partial charge in [-0.1, -0.05) is 37.3 Å². The van der Waals surface area contributed by atoms with Crippen LogP contribution in [0.3, 0.4) is 0 Å². The van der Waals surface area contributed by atoms with Gasteiger partial charge in [-0.3, -0.25) is 0 Å². The van der Waals surface area contributed by atoms with Crippen molar-refractivity contribution in [1.29, 1.82) is 0 Å². The molecule has 0 saturated heterocycles. The van der Waals surface area contributed by atoms with E-state index in [1.165, 1.54) is 19.1 Å². The smallest absolute Gasteiger partial charge is 0.408 e. The third-order valence-electron chi connectivity index (χ3n) is 4.30. The molecule has 1 N–H and O–H groups in total. The van der Waals surface area contributed by atoms with E-state index in [0.717, 1.165) is 16.5 Å². The molecule has 0 aliphatic rings. The lowest BCUT2D eigenvalue weighted by Gasteiger charge is -2.14. The zero-order valence-electron chi connectivity index (χ0n) is 16.1. The van der Waals surface area contributed by atoms with E-state index < -0.39 is 23.7 Å². The summed E-state index contributed by atoms with van der Waals surface area (Å²) in [5.41, 5.74) is 1.56. The molecule has 1 amide bonds. The van der Waals surface area contributed by atoms with Crippen LogP contribution in [0.25, 0.3) is 11.0 Å². The second-order valence-electron chi connectivity index (χ2n) is 6.45. The molecule has 29 heavy (non-hydrogen) atoms. The van der Waals surface area contributed by atoms with Crippen molar-refractivity contribution in [3.8, 4) is 5.75 Å². The number of carbonyl (C=O) groups is 2. The highest BCUT2D eigenvalue weighted by atomic mass is 16.6. The van der Waals surface area contributed by atoms with E-state index in [0.29, 0.717) is 12.0 Å². The molecule has 0 spiro atoms. The maximum absolute atomic E-state index is 12.3. The first-order valence-corrected chi connectivity index (χ1v) is 9.22. The lowest BCUT2D eigenvalue weighted by atomic mass is 10.1. The van der Waals surface area contributed by atoms with Crippen LogP contribution in [0, 0.1) is 0 Å². The van der Waals surface area contributed by atoms with Crippen LogP contribution in [0.1, 0.15) is 25.0 Å². The molecule has 3 rings (SSSR count). The number of fused-ring (bicyclic) bond motifs is 1. The third-order valence-corrected chi connectivity index (χ3v) is 4.30. The topological polar surface area (TPSA) is 94.8 Å². The molecule has 1 heterocycles. The molecule has 0 aliphatic heterocycles. The Kier molecular flexibility index (Phi) is 6.29. The van der Waals surface area contributed by atoms with Gasteiger partial charge in [-0.05, 0) is 36.6 Å². The van der Waals surface area contributed by atoms with E-state index in [1.54, 1.807) is 12.1 Å². The molecular formula is C22H21NO6. The number of hydrogen-bond acceptors (Lipinski definition) is 6. The first-order chi connectivity index (χ1) is 14.0. The fourth-order valence-electron chi connectivity index (χ4n) is 2.77. The second-order valence-corrected chi connectivity index (χ2v) is 6.45. The average Bonchev–Trinajstić information content (AvgIpc) is 2.72. The molecule has 0 bridgehead atoms. The quantitative estimate of drug-likeness (QED) is 0.389. The molecule has 3 aromatic rings. The highest BCUT2D eigenvalue weighted by molar-refractivity contribution is 5.85. The molecule has 0 saturated carbocycles. The number of nitrogens with one attached hydrogen (secondary N) is 1. The number of amides is 1. The molecule has 0 fully saturated rings. The minimum atomic E-state index is -0.928. The van der Waals surface area contributed by atoms with Crippen LogP contribution >= 0.6 is 0 Å². The van der Waals surface area contributed by atoms with Crippen LogP contribution in [0.15, 0.2) is 63.8 Å². The largest absolute Gasteiger partial charge is 0.445 e. The minimum Gasteiger partial charge on any atom is -0.445 e. The maximum Gasteiger partial charge on any atom is 0.408 e. The van der Waals surface area contributed by atoms with E-state index in [1.807, 2.05) is 37.3 Å². The maximum atomic E-state index is 12.3. The van der Waals surface area contributed by atoms with Crippen molar-refractivity contribution >= 4 is 23.0 Å². The fraction of sp³-hybridized carbons (Fsp3) is 0.227. The van der Waals surface area contributed by atoms with E-state index in [9.17, 15) is 14.4 Å². The predicted molar refractivity (Wildman–Crippen MR) is 107 cm³/mol. The Morgan fingerprint density at radius 3 is 2.59 bits per heavy atom. The number of rotatable bonds is 6. The van der Waals surface area contributed by atoms with Gasteiger partial charge in [-0.15, -0.1) is 0 Å². The van der Waals surface area contributed by atoms with Crippen molar-refractivity contribution in [3.05, 3.63) is 76.1 Å². The number of aryl methyl sites for hydroxylation is 1. The molecule has 2 aromatic carbocycles. The Hall–Kier alpha value is -3.61. The third kappa shape index (κ3) is 5.22. The molecule has 7 nitrogen and oxygen atoms in total. The summed E-state index contributed by atoms with van der Waals surface area (Å²) in [5, 5.41) is 3.21. The van der Waals surface area contributed by atoms with Crippen molar-refractivity contribution < 1.29 is 23.5 Å². The van der Waals surface area contributed by atoms with Crippen molar-refractivity contribution in [1.82, 2.24) is 5.32 Å². The Labute approximate surface area is 167 Å². The van der Waals surface area contributed by atoms with Crippen molar-refractivity contribution in [2.45, 2.75) is 32.9 Å². The zero-order valence-corrected chi connectivity index (χ0v) is 16.1. The van der Waals surface area contributed by atoms with E-state index in [2.05, 4.69) is 5.32 Å². The summed E-state index contributed by atoms with van der Waals surface area (Å²) in [6, 6.07) is 14.5. The Balaban J connectivity index is 1.60. The molecule has 7 heteroatoms. The van der Waals surface area contributed by atoms with Gasteiger partial charge < -0.3 is 19.2 Å². The number of carbonyl (C=O) groups excluding carboxylic acids is 2. The van der Waals surface area contributed by atoms with Crippen LogP contribution < -0.4 is 15.7 Å². The number of esters is 1. The molecule has 150 valence electrons. The van der Waals surface area contributed by atoms with Gasteiger partial charge >= 0.3 is 17.7 Å². The first-order valence-electron chi connectivity index (χ1n) is 9.22. The van der Waals surface area contributed by atoms with Gasteiger partial charge in [0.15, 0.2) is 0 Å². The first kappa shape index (κ1) is 20.1. The van der Waals surface area contributed by atoms with Crippen LogP contribution in [0.4, 0.5) is 4.79 Å². The lowest BCUT2D eigenvalue weighted by molar-refractivity contribution is -0.136. The predicted octanol–water partition coefficient (Wildman–Crippen LogP) is 3.58. The molecule has 0 aliphatic carbocycles. The summed E-state index contributed by atoms with van der Waals surface area (Å²) in [6.07, 6.45) is -0.0526. The van der Waals surface area contributed by atoms with Crippen LogP contribution in [0.5, 0.6) is 5.75 Å². The summed E-state index contributed by atoms with van der Waals surface area (Å²) in [4.78, 5) is 35.8. The number of hydrogen-bond donors (Lipinski definition) is 1. The number of alkyl carbamates (subject to hydrolysis) is 1. The molecule has 1 unspecified atom stereocenters. The average molecular weight is 395 g/mol. The second kappa shape index (κ2) is 9.05. The van der Waals surface area contributed by atoms with Gasteiger partial charge in [0.05, 0.1) is 0 Å². The Morgan fingerprint density at radius 2 is 1.86 bits per heavy atom. The Bertz CT molecular complexity index is 1070. The van der Waals surface area contributed by atoms with Gasteiger partial charge in [0.2, 0.25) is 0 Å². The van der Waals surface area contributed by atoms with Gasteiger partial charge in [0.1, 0.15) is 24.0 Å². The standard InChI is InChI=1S/C22H21NO6/c1-3-16-11-20(24)29-19-12-17(9-10-18(16)19)28-21(25)14(2)23-22(26)27-13-15-7-5-4-6-8-15/h4-12,14H,3,13H2,1-2H3,(H,23,26). The molecule has 1 atom stereocenters. The SMILES string of the molecule is CCc1cc(=O)oc2cc(OC(=O)C(C)NC(=O)OCc3ccccc3)ccc12. The molecule has 0 radical (unpaired) electrons. The van der Waals surface area contributed by atoms with E-state index >= 15 is 0 Å². The number of ether oxygens (including phenoxy) is 2. The van der Waals surface area contributed by atoms with Gasteiger partial charge in [-0.2, -0.15) is 0 Å². The highest BCUT2D eigenvalue weighted by Gasteiger charge is 2.19. The van der Waals surface area contributed by atoms with Crippen molar-refractivity contribution in [2.24, 2.45) is 0 Å². The van der Waals surface area contributed by atoms with E-state index in [4.69, 9.17) is 13.9 Å². The van der Waals surface area contributed by atoms with Gasteiger partial charge in [0, 0.05) is 17.5 Å². The summed E-state index contributed by atoms with van der Waals surface area (Å²) < 4.78 is 15.6. The summed E-state index contributed by atoms with van der Waals surface area (Å²) >= 11 is 0. The Morgan fingerprint density at radius 1 is 1.10 bits per heavy atom.